The van der Waals surface area contributed by atoms with Crippen molar-refractivity contribution in [3.8, 4) is 5.75 Å². The average Bonchev–Trinajstić information content (AvgIpc) is 3.05. The van der Waals surface area contributed by atoms with E-state index in [1.807, 2.05) is 26.0 Å². The van der Waals surface area contributed by atoms with Crippen LogP contribution in [0.1, 0.15) is 41.0 Å². The van der Waals surface area contributed by atoms with Crippen LogP contribution in [0.5, 0.6) is 5.75 Å². The van der Waals surface area contributed by atoms with E-state index < -0.39 is 23.7 Å². The van der Waals surface area contributed by atoms with Gasteiger partial charge in [0.05, 0.1) is 19.3 Å². The first-order valence-corrected chi connectivity index (χ1v) is 9.88. The fourth-order valence-corrected chi connectivity index (χ4v) is 3.17. The molecular weight excluding hydrogens is 374 g/mol. The van der Waals surface area contributed by atoms with E-state index in [1.165, 1.54) is 0 Å². The Labute approximate surface area is 172 Å². The van der Waals surface area contributed by atoms with Gasteiger partial charge in [-0.05, 0) is 38.8 Å². The second kappa shape index (κ2) is 9.24. The summed E-state index contributed by atoms with van der Waals surface area (Å²) in [6, 6.07) is 4.72. The second-order valence-corrected chi connectivity index (χ2v) is 8.59. The molecule has 1 saturated heterocycles. The van der Waals surface area contributed by atoms with Crippen LogP contribution in [0.15, 0.2) is 18.2 Å². The lowest BCUT2D eigenvalue weighted by Crippen LogP contribution is -2.48. The predicted molar refractivity (Wildman–Crippen MR) is 112 cm³/mol. The lowest BCUT2D eigenvalue weighted by atomic mass is 10.0. The van der Waals surface area contributed by atoms with Crippen LogP contribution in [-0.2, 0) is 14.3 Å². The van der Waals surface area contributed by atoms with E-state index in [0.717, 1.165) is 12.2 Å². The molecule has 8 nitrogen and oxygen atoms in total. The molecule has 0 bridgehead atoms. The van der Waals surface area contributed by atoms with Crippen molar-refractivity contribution in [3.63, 3.8) is 0 Å². The molecule has 2 atom stereocenters. The number of hydrogen-bond acceptors (Lipinski definition) is 7. The van der Waals surface area contributed by atoms with Crippen LogP contribution in [0.3, 0.4) is 0 Å². The lowest BCUT2D eigenvalue weighted by molar-refractivity contribution is -0.151. The zero-order valence-electron chi connectivity index (χ0n) is 18.2. The Balaban J connectivity index is 1.98. The molecule has 3 N–H and O–H groups in total. The van der Waals surface area contributed by atoms with Gasteiger partial charge in [-0.1, -0.05) is 13.8 Å². The van der Waals surface area contributed by atoms with Crippen molar-refractivity contribution >= 4 is 23.4 Å². The van der Waals surface area contributed by atoms with Crippen LogP contribution >= 0.6 is 0 Å². The summed E-state index contributed by atoms with van der Waals surface area (Å²) in [7, 11) is 1.60. The van der Waals surface area contributed by atoms with E-state index in [0.29, 0.717) is 24.4 Å². The molecule has 1 aromatic rings. The Kier molecular flexibility index (Phi) is 7.21. The molecule has 0 saturated carbocycles. The highest BCUT2D eigenvalue weighted by molar-refractivity contribution is 5.82. The maximum Gasteiger partial charge on any atom is 0.408 e. The van der Waals surface area contributed by atoms with Gasteiger partial charge in [-0.2, -0.15) is 0 Å². The third-order valence-electron chi connectivity index (χ3n) is 4.57. The standard InChI is InChI=1S/C21H33N3O5/c1-13(2)18(23-20(26)29-21(3,4)5)19(25)28-15-9-10-24(12-15)16-8-7-14(22)11-17(16)27-6/h7-8,11,13,15,18H,9-10,12,22H2,1-6H3,(H,23,26)/t15-,18+/m1/s1. The number of alkyl carbamates (subject to hydrolysis) is 1. The number of nitrogens with one attached hydrogen (secondary N) is 1. The summed E-state index contributed by atoms with van der Waals surface area (Å²) >= 11 is 0. The summed E-state index contributed by atoms with van der Waals surface area (Å²) in [6.45, 7) is 10.3. The SMILES string of the molecule is COc1cc(N)ccc1N1CC[C@@H](OC(=O)[C@@H](NC(=O)OC(C)(C)C)C(C)C)C1. The minimum atomic E-state index is -0.773. The minimum Gasteiger partial charge on any atom is -0.495 e. The Hall–Kier alpha value is -2.64. The molecule has 8 heteroatoms. The number of anilines is 2. The van der Waals surface area contributed by atoms with Gasteiger partial charge in [0.25, 0.3) is 0 Å². The molecule has 1 aromatic carbocycles. The van der Waals surface area contributed by atoms with Crippen molar-refractivity contribution in [3.05, 3.63) is 18.2 Å². The highest BCUT2D eigenvalue weighted by Crippen LogP contribution is 2.33. The molecule has 1 amide bonds. The number of carbonyl (C=O) groups excluding carboxylic acids is 2. The van der Waals surface area contributed by atoms with Gasteiger partial charge in [-0.25, -0.2) is 9.59 Å². The number of hydrogen-bond donors (Lipinski definition) is 2. The number of esters is 1. The van der Waals surface area contributed by atoms with Gasteiger partial charge >= 0.3 is 12.1 Å². The quantitative estimate of drug-likeness (QED) is 0.552. The monoisotopic (exact) mass is 407 g/mol. The summed E-state index contributed by atoms with van der Waals surface area (Å²) in [4.78, 5) is 26.9. The van der Waals surface area contributed by atoms with Gasteiger partial charge in [-0.3, -0.25) is 0 Å². The zero-order chi connectivity index (χ0) is 21.8. The molecule has 0 aliphatic carbocycles. The van der Waals surface area contributed by atoms with Crippen molar-refractivity contribution in [1.82, 2.24) is 5.32 Å². The van der Waals surface area contributed by atoms with Crippen LogP contribution in [0.2, 0.25) is 0 Å². The topological polar surface area (TPSA) is 103 Å². The van der Waals surface area contributed by atoms with Crippen molar-refractivity contribution in [1.29, 1.82) is 0 Å². The molecule has 1 aliphatic heterocycles. The van der Waals surface area contributed by atoms with E-state index in [1.54, 1.807) is 33.9 Å². The highest BCUT2D eigenvalue weighted by atomic mass is 16.6. The van der Waals surface area contributed by atoms with E-state index in [-0.39, 0.29) is 12.0 Å². The highest BCUT2D eigenvalue weighted by Gasteiger charge is 2.33. The van der Waals surface area contributed by atoms with Crippen LogP contribution in [-0.4, -0.2) is 50.0 Å². The second-order valence-electron chi connectivity index (χ2n) is 8.59. The average molecular weight is 408 g/mol. The summed E-state index contributed by atoms with van der Waals surface area (Å²) < 4.78 is 16.4. The molecule has 162 valence electrons. The molecule has 1 heterocycles. The molecule has 29 heavy (non-hydrogen) atoms. The van der Waals surface area contributed by atoms with E-state index in [4.69, 9.17) is 19.9 Å². The van der Waals surface area contributed by atoms with Crippen molar-refractivity contribution < 1.29 is 23.8 Å². The summed E-state index contributed by atoms with van der Waals surface area (Å²) in [5.74, 6) is 0.0929. The number of carbonyl (C=O) groups is 2. The normalized spacial score (nSPS) is 17.8. The lowest BCUT2D eigenvalue weighted by Gasteiger charge is -2.26. The summed E-state index contributed by atoms with van der Waals surface area (Å²) in [6.07, 6.45) is -0.212. The van der Waals surface area contributed by atoms with Gasteiger partial charge in [0.1, 0.15) is 23.5 Å². The first-order chi connectivity index (χ1) is 13.5. The largest absolute Gasteiger partial charge is 0.495 e. The van der Waals surface area contributed by atoms with Crippen LogP contribution in [0.4, 0.5) is 16.2 Å². The summed E-state index contributed by atoms with van der Waals surface area (Å²) in [5.41, 5.74) is 6.72. The Morgan fingerprint density at radius 2 is 1.97 bits per heavy atom. The van der Waals surface area contributed by atoms with E-state index >= 15 is 0 Å². The number of rotatable bonds is 6. The van der Waals surface area contributed by atoms with Crippen LogP contribution < -0.4 is 20.7 Å². The van der Waals surface area contributed by atoms with Gasteiger partial charge in [0, 0.05) is 24.7 Å². The maximum absolute atomic E-state index is 12.7. The number of nitrogen functional groups attached to an aromatic ring is 1. The maximum atomic E-state index is 12.7. The Bertz CT molecular complexity index is 730. The number of methoxy groups -OCH3 is 1. The molecule has 0 unspecified atom stereocenters. The Morgan fingerprint density at radius 1 is 1.28 bits per heavy atom. The van der Waals surface area contributed by atoms with Gasteiger partial charge in [0.2, 0.25) is 0 Å². The molecule has 1 fully saturated rings. The first-order valence-electron chi connectivity index (χ1n) is 9.88. The fourth-order valence-electron chi connectivity index (χ4n) is 3.17. The molecule has 0 aromatic heterocycles. The third-order valence-corrected chi connectivity index (χ3v) is 4.57. The summed E-state index contributed by atoms with van der Waals surface area (Å²) in [5, 5.41) is 2.63. The molecule has 0 spiro atoms. The minimum absolute atomic E-state index is 0.135. The van der Waals surface area contributed by atoms with Gasteiger partial charge in [0.15, 0.2) is 0 Å². The molecule has 0 radical (unpaired) electrons. The van der Waals surface area contributed by atoms with E-state index in [2.05, 4.69) is 10.2 Å². The van der Waals surface area contributed by atoms with E-state index in [9.17, 15) is 9.59 Å². The third kappa shape index (κ3) is 6.44. The van der Waals surface area contributed by atoms with Crippen molar-refractivity contribution in [2.75, 3.05) is 30.8 Å². The number of nitrogens with two attached hydrogens (primary N) is 1. The fraction of sp³-hybridized carbons (Fsp3) is 0.619. The molecule has 2 rings (SSSR count). The van der Waals surface area contributed by atoms with Crippen LogP contribution in [0, 0.1) is 5.92 Å². The van der Waals surface area contributed by atoms with Crippen molar-refractivity contribution in [2.24, 2.45) is 5.92 Å². The van der Waals surface area contributed by atoms with Gasteiger partial charge < -0.3 is 30.2 Å². The predicted octanol–water partition coefficient (Wildman–Crippen LogP) is 2.95. The smallest absolute Gasteiger partial charge is 0.408 e. The molecular formula is C21H33N3O5. The van der Waals surface area contributed by atoms with Crippen LogP contribution in [0.25, 0.3) is 0 Å². The van der Waals surface area contributed by atoms with Gasteiger partial charge in [-0.15, -0.1) is 0 Å². The van der Waals surface area contributed by atoms with Crippen molar-refractivity contribution in [2.45, 2.75) is 58.8 Å². The number of ether oxygens (including phenoxy) is 3. The molecule has 1 aliphatic rings. The Morgan fingerprint density at radius 3 is 2.55 bits per heavy atom. The number of benzene rings is 1. The number of nitrogens with zero attached hydrogens (tertiary/aromatic N) is 1. The zero-order valence-corrected chi connectivity index (χ0v) is 18.2. The number of amides is 1. The first kappa shape index (κ1) is 22.6.